The van der Waals surface area contributed by atoms with Crippen molar-refractivity contribution in [1.82, 2.24) is 0 Å². The number of rotatable bonds is 2. The topological polar surface area (TPSA) is 35.4 Å². The molecule has 0 saturated heterocycles. The van der Waals surface area contributed by atoms with Gasteiger partial charge in [0.1, 0.15) is 33.5 Å². The normalized spacial score (nSPS) is 14.9. The third-order valence-corrected chi connectivity index (χ3v) is 3.56. The number of halogens is 2. The summed E-state index contributed by atoms with van der Waals surface area (Å²) in [6, 6.07) is 3.58. The van der Waals surface area contributed by atoms with E-state index >= 15 is 0 Å². The first-order valence-corrected chi connectivity index (χ1v) is 6.26. The molecule has 2 nitrogen and oxygen atoms in total. The van der Waals surface area contributed by atoms with Crippen LogP contribution in [0.25, 0.3) is 0 Å². The van der Waals surface area contributed by atoms with Gasteiger partial charge in [-0.3, -0.25) is 0 Å². The van der Waals surface area contributed by atoms with E-state index in [1.165, 1.54) is 13.0 Å². The lowest BCUT2D eigenvalue weighted by Crippen LogP contribution is -2.27. The molecule has 5 heteroatoms. The van der Waals surface area contributed by atoms with Crippen molar-refractivity contribution in [2.24, 2.45) is 4.40 Å². The molecule has 0 spiro atoms. The van der Waals surface area contributed by atoms with Crippen molar-refractivity contribution in [2.45, 2.75) is 32.4 Å². The summed E-state index contributed by atoms with van der Waals surface area (Å²) in [5.74, 6) is -1.39. The molecule has 94 valence electrons. The minimum Gasteiger partial charge on any atom is -0.591 e. The molecule has 0 heterocycles. The first-order valence-electron chi connectivity index (χ1n) is 5.15. The maximum atomic E-state index is 13.4. The largest absolute Gasteiger partial charge is 0.591 e. The summed E-state index contributed by atoms with van der Waals surface area (Å²) in [4.78, 5) is 0. The first-order chi connectivity index (χ1) is 7.73. The summed E-state index contributed by atoms with van der Waals surface area (Å²) in [5.41, 5.74) is -0.112. The molecule has 0 bridgehead atoms. The summed E-state index contributed by atoms with van der Waals surface area (Å²) in [6.45, 7) is 6.69. The van der Waals surface area contributed by atoms with E-state index in [1.54, 1.807) is 20.8 Å². The molecule has 1 rings (SSSR count). The number of nitrogens with zero attached hydrogens (tertiary/aromatic N) is 1. The molecule has 1 aromatic rings. The van der Waals surface area contributed by atoms with Gasteiger partial charge in [0, 0.05) is 0 Å². The average molecular weight is 259 g/mol. The number of benzene rings is 1. The lowest BCUT2D eigenvalue weighted by Gasteiger charge is -2.18. The summed E-state index contributed by atoms with van der Waals surface area (Å²) >= 11 is -1.53. The zero-order valence-electron chi connectivity index (χ0n) is 10.3. The van der Waals surface area contributed by atoms with Gasteiger partial charge < -0.3 is 4.55 Å². The van der Waals surface area contributed by atoms with Crippen molar-refractivity contribution in [1.29, 1.82) is 0 Å². The van der Waals surface area contributed by atoms with Gasteiger partial charge in [0.25, 0.3) is 0 Å². The van der Waals surface area contributed by atoms with Gasteiger partial charge in [0.2, 0.25) is 0 Å². The van der Waals surface area contributed by atoms with Crippen LogP contribution in [0.1, 0.15) is 33.3 Å². The Morgan fingerprint density at radius 1 is 1.24 bits per heavy atom. The Bertz CT molecular complexity index is 420. The van der Waals surface area contributed by atoms with Crippen LogP contribution in [-0.4, -0.2) is 15.0 Å². The zero-order chi connectivity index (χ0) is 13.2. The van der Waals surface area contributed by atoms with Crippen molar-refractivity contribution >= 4 is 17.1 Å². The fourth-order valence-electron chi connectivity index (χ4n) is 1.15. The van der Waals surface area contributed by atoms with E-state index in [9.17, 15) is 13.3 Å². The molecule has 0 radical (unpaired) electrons. The Balaban J connectivity index is 3.13. The van der Waals surface area contributed by atoms with Crippen LogP contribution in [0.5, 0.6) is 0 Å². The van der Waals surface area contributed by atoms with E-state index in [0.717, 1.165) is 12.1 Å². The van der Waals surface area contributed by atoms with Gasteiger partial charge >= 0.3 is 0 Å². The Kier molecular flexibility index (Phi) is 4.27. The Morgan fingerprint density at radius 3 is 2.12 bits per heavy atom. The molecule has 17 heavy (non-hydrogen) atoms. The van der Waals surface area contributed by atoms with Gasteiger partial charge in [-0.25, -0.2) is 8.78 Å². The van der Waals surface area contributed by atoms with Crippen LogP contribution in [0.4, 0.5) is 8.78 Å². The maximum Gasteiger partial charge on any atom is 0.144 e. The SMILES string of the molecule is C/C(=N\[S@@+]([O-])C(C)(C)C)c1c(F)cccc1F. The van der Waals surface area contributed by atoms with E-state index in [-0.39, 0.29) is 11.3 Å². The van der Waals surface area contributed by atoms with Crippen LogP contribution >= 0.6 is 0 Å². The van der Waals surface area contributed by atoms with Gasteiger partial charge in [-0.1, -0.05) is 10.5 Å². The summed E-state index contributed by atoms with van der Waals surface area (Å²) in [6.07, 6.45) is 0. The molecular formula is C12H15F2NOS. The summed E-state index contributed by atoms with van der Waals surface area (Å²) in [5, 5.41) is 0. The predicted octanol–water partition coefficient (Wildman–Crippen LogP) is 3.24. The molecule has 0 fully saturated rings. The van der Waals surface area contributed by atoms with Gasteiger partial charge in [-0.15, -0.1) is 0 Å². The van der Waals surface area contributed by atoms with Gasteiger partial charge in [0.05, 0.1) is 5.56 Å². The molecule has 1 atom stereocenters. The van der Waals surface area contributed by atoms with Crippen molar-refractivity contribution in [2.75, 3.05) is 0 Å². The molecular weight excluding hydrogens is 244 g/mol. The quantitative estimate of drug-likeness (QED) is 0.593. The standard InChI is InChI=1S/C12H15F2NOS/c1-8(15-17(16)12(2,3)4)11-9(13)6-5-7-10(11)14/h5-7H,1-4H3/b15-8+/t17-/m0/s1. The van der Waals surface area contributed by atoms with Crippen LogP contribution in [0, 0.1) is 11.6 Å². The predicted molar refractivity (Wildman–Crippen MR) is 66.5 cm³/mol. The number of hydrogen-bond donors (Lipinski definition) is 0. The number of hydrogen-bond acceptors (Lipinski definition) is 2. The smallest absolute Gasteiger partial charge is 0.144 e. The second-order valence-corrected chi connectivity index (χ2v) is 6.54. The summed E-state index contributed by atoms with van der Waals surface area (Å²) < 4.78 is 41.9. The molecule has 1 aromatic carbocycles. The first kappa shape index (κ1) is 14.1. The molecule has 0 aromatic heterocycles. The zero-order valence-corrected chi connectivity index (χ0v) is 11.1. The Morgan fingerprint density at radius 2 is 1.71 bits per heavy atom. The van der Waals surface area contributed by atoms with Gasteiger partial charge in [0.15, 0.2) is 0 Å². The molecule has 0 unspecified atom stereocenters. The van der Waals surface area contributed by atoms with E-state index in [1.807, 2.05) is 0 Å². The fraction of sp³-hybridized carbons (Fsp3) is 0.417. The van der Waals surface area contributed by atoms with Crippen molar-refractivity contribution < 1.29 is 13.3 Å². The Labute approximate surface area is 103 Å². The molecule has 0 aliphatic carbocycles. The highest BCUT2D eigenvalue weighted by molar-refractivity contribution is 7.91. The van der Waals surface area contributed by atoms with Crippen LogP contribution < -0.4 is 0 Å². The minimum atomic E-state index is -1.53. The molecule has 0 aliphatic heterocycles. The lowest BCUT2D eigenvalue weighted by atomic mass is 10.1. The van der Waals surface area contributed by atoms with Gasteiger partial charge in [-0.05, 0) is 39.8 Å². The van der Waals surface area contributed by atoms with E-state index in [2.05, 4.69) is 4.40 Å². The molecule has 0 saturated carbocycles. The van der Waals surface area contributed by atoms with E-state index in [0.29, 0.717) is 0 Å². The van der Waals surface area contributed by atoms with Crippen molar-refractivity contribution in [3.63, 3.8) is 0 Å². The monoisotopic (exact) mass is 259 g/mol. The molecule has 0 amide bonds. The second-order valence-electron chi connectivity index (χ2n) is 4.63. The lowest BCUT2D eigenvalue weighted by molar-refractivity contribution is 0.561. The second kappa shape index (κ2) is 5.14. The average Bonchev–Trinajstić information content (AvgIpc) is 2.15. The van der Waals surface area contributed by atoms with Crippen molar-refractivity contribution in [3.05, 3.63) is 35.4 Å². The minimum absolute atomic E-state index is 0.105. The highest BCUT2D eigenvalue weighted by atomic mass is 32.2. The molecule has 0 N–H and O–H groups in total. The van der Waals surface area contributed by atoms with Crippen LogP contribution in [0.15, 0.2) is 22.6 Å². The van der Waals surface area contributed by atoms with Crippen LogP contribution in [0.2, 0.25) is 0 Å². The fourth-order valence-corrected chi connectivity index (χ4v) is 1.76. The maximum absolute atomic E-state index is 13.4. The van der Waals surface area contributed by atoms with Crippen LogP contribution in [-0.2, 0) is 11.4 Å². The third kappa shape index (κ3) is 3.51. The van der Waals surface area contributed by atoms with Gasteiger partial charge in [-0.2, -0.15) is 0 Å². The van der Waals surface area contributed by atoms with Crippen LogP contribution in [0.3, 0.4) is 0 Å². The third-order valence-electron chi connectivity index (χ3n) is 2.07. The highest BCUT2D eigenvalue weighted by Gasteiger charge is 2.27. The van der Waals surface area contributed by atoms with E-state index < -0.39 is 27.7 Å². The molecule has 0 aliphatic rings. The van der Waals surface area contributed by atoms with Crippen molar-refractivity contribution in [3.8, 4) is 0 Å². The van der Waals surface area contributed by atoms with E-state index in [4.69, 9.17) is 0 Å². The Hall–Kier alpha value is -0.940. The highest BCUT2D eigenvalue weighted by Crippen LogP contribution is 2.20. The summed E-state index contributed by atoms with van der Waals surface area (Å²) in [7, 11) is 0.